The summed E-state index contributed by atoms with van der Waals surface area (Å²) in [6.45, 7) is 1.08. The van der Waals surface area contributed by atoms with Crippen LogP contribution in [0.5, 0.6) is 0 Å². The summed E-state index contributed by atoms with van der Waals surface area (Å²) in [6.07, 6.45) is 2.80. The van der Waals surface area contributed by atoms with E-state index in [1.165, 1.54) is 7.11 Å². The van der Waals surface area contributed by atoms with Gasteiger partial charge in [-0.25, -0.2) is 0 Å². The number of hydrogen-bond donors (Lipinski definition) is 0. The highest BCUT2D eigenvalue weighted by Crippen LogP contribution is 2.20. The first-order valence-corrected chi connectivity index (χ1v) is 7.36. The van der Waals surface area contributed by atoms with Crippen molar-refractivity contribution in [3.05, 3.63) is 42.1 Å². The standard InChI is InChI=1S/C17H18N2O3/c1-22-17(21)14-10-16(20)19(11-14)8-6-12-4-5-15-13(9-12)3-2-7-18-15/h2-5,7,9,14H,6,8,10-11H2,1H3. The highest BCUT2D eigenvalue weighted by molar-refractivity contribution is 5.86. The quantitative estimate of drug-likeness (QED) is 0.808. The molecule has 114 valence electrons. The minimum atomic E-state index is -0.321. The summed E-state index contributed by atoms with van der Waals surface area (Å²) in [5.74, 6) is -0.594. The van der Waals surface area contributed by atoms with E-state index in [0.717, 1.165) is 22.9 Å². The van der Waals surface area contributed by atoms with Crippen LogP contribution in [-0.2, 0) is 20.7 Å². The Balaban J connectivity index is 1.64. The molecule has 0 bridgehead atoms. The average molecular weight is 298 g/mol. The number of esters is 1. The molecule has 0 aliphatic carbocycles. The van der Waals surface area contributed by atoms with Gasteiger partial charge in [0, 0.05) is 31.1 Å². The summed E-state index contributed by atoms with van der Waals surface area (Å²) in [7, 11) is 1.36. The van der Waals surface area contributed by atoms with E-state index >= 15 is 0 Å². The van der Waals surface area contributed by atoms with Crippen LogP contribution in [0.4, 0.5) is 0 Å². The van der Waals surface area contributed by atoms with Gasteiger partial charge in [-0.05, 0) is 30.2 Å². The summed E-state index contributed by atoms with van der Waals surface area (Å²) in [5.41, 5.74) is 2.13. The Kier molecular flexibility index (Phi) is 4.04. The number of fused-ring (bicyclic) bond motifs is 1. The maximum absolute atomic E-state index is 11.9. The van der Waals surface area contributed by atoms with Crippen molar-refractivity contribution < 1.29 is 14.3 Å². The largest absolute Gasteiger partial charge is 0.469 e. The van der Waals surface area contributed by atoms with Crippen LogP contribution in [0.3, 0.4) is 0 Å². The van der Waals surface area contributed by atoms with Crippen LogP contribution >= 0.6 is 0 Å². The summed E-state index contributed by atoms with van der Waals surface area (Å²) in [5, 5.41) is 1.10. The van der Waals surface area contributed by atoms with Crippen molar-refractivity contribution in [2.24, 2.45) is 5.92 Å². The molecule has 5 heteroatoms. The number of pyridine rings is 1. The van der Waals surface area contributed by atoms with Crippen LogP contribution in [-0.4, -0.2) is 42.0 Å². The number of nitrogens with zero attached hydrogens (tertiary/aromatic N) is 2. The fraction of sp³-hybridized carbons (Fsp3) is 0.353. The van der Waals surface area contributed by atoms with Crippen LogP contribution in [0.25, 0.3) is 10.9 Å². The SMILES string of the molecule is COC(=O)C1CC(=O)N(CCc2ccc3ncccc3c2)C1. The van der Waals surface area contributed by atoms with Crippen molar-refractivity contribution >= 4 is 22.8 Å². The molecule has 22 heavy (non-hydrogen) atoms. The molecule has 5 nitrogen and oxygen atoms in total. The van der Waals surface area contributed by atoms with Crippen molar-refractivity contribution in [1.82, 2.24) is 9.88 Å². The van der Waals surface area contributed by atoms with Gasteiger partial charge in [0.2, 0.25) is 5.91 Å². The predicted octanol–water partition coefficient (Wildman–Crippen LogP) is 1.80. The number of amides is 1. The molecule has 1 atom stereocenters. The van der Waals surface area contributed by atoms with Gasteiger partial charge in [0.15, 0.2) is 0 Å². The third kappa shape index (κ3) is 2.93. The Bertz CT molecular complexity index is 714. The highest BCUT2D eigenvalue weighted by atomic mass is 16.5. The van der Waals surface area contributed by atoms with Crippen LogP contribution < -0.4 is 0 Å². The molecule has 1 unspecified atom stereocenters. The fourth-order valence-electron chi connectivity index (χ4n) is 2.86. The number of carbonyl (C=O) groups excluding carboxylic acids is 2. The van der Waals surface area contributed by atoms with Gasteiger partial charge < -0.3 is 9.64 Å². The molecule has 2 aromatic rings. The molecule has 2 heterocycles. The second-order valence-electron chi connectivity index (χ2n) is 5.54. The first-order chi connectivity index (χ1) is 10.7. The van der Waals surface area contributed by atoms with Crippen molar-refractivity contribution in [3.63, 3.8) is 0 Å². The van der Waals surface area contributed by atoms with Crippen LogP contribution in [0.1, 0.15) is 12.0 Å². The molecule has 0 saturated carbocycles. The summed E-state index contributed by atoms with van der Waals surface area (Å²) >= 11 is 0. The molecular weight excluding hydrogens is 280 g/mol. The van der Waals surface area contributed by atoms with E-state index in [4.69, 9.17) is 4.74 Å². The Hall–Kier alpha value is -2.43. The molecule has 1 saturated heterocycles. The number of rotatable bonds is 4. The minimum absolute atomic E-state index is 0.0258. The molecule has 0 spiro atoms. The second-order valence-corrected chi connectivity index (χ2v) is 5.54. The van der Waals surface area contributed by atoms with Gasteiger partial charge >= 0.3 is 5.97 Å². The van der Waals surface area contributed by atoms with Gasteiger partial charge in [0.25, 0.3) is 0 Å². The summed E-state index contributed by atoms with van der Waals surface area (Å²) in [6, 6.07) is 10.1. The number of ether oxygens (including phenoxy) is 1. The van der Waals surface area contributed by atoms with Crippen molar-refractivity contribution in [1.29, 1.82) is 0 Å². The lowest BCUT2D eigenvalue weighted by molar-refractivity contribution is -0.145. The molecule has 1 aromatic heterocycles. The molecule has 3 rings (SSSR count). The van der Waals surface area contributed by atoms with Crippen LogP contribution in [0.2, 0.25) is 0 Å². The van der Waals surface area contributed by atoms with Gasteiger partial charge in [-0.15, -0.1) is 0 Å². The number of carbonyl (C=O) groups is 2. The van der Waals surface area contributed by atoms with Crippen LogP contribution in [0.15, 0.2) is 36.5 Å². The van der Waals surface area contributed by atoms with Gasteiger partial charge in [0.05, 0.1) is 18.5 Å². The lowest BCUT2D eigenvalue weighted by Gasteiger charge is -2.16. The van der Waals surface area contributed by atoms with Crippen molar-refractivity contribution in [2.75, 3.05) is 20.2 Å². The Morgan fingerprint density at radius 1 is 1.41 bits per heavy atom. The molecule has 1 amide bonds. The number of hydrogen-bond acceptors (Lipinski definition) is 4. The molecular formula is C17H18N2O3. The number of likely N-dealkylation sites (tertiary alicyclic amines) is 1. The fourth-order valence-corrected chi connectivity index (χ4v) is 2.86. The number of methoxy groups -OCH3 is 1. The molecule has 1 fully saturated rings. The van der Waals surface area contributed by atoms with Gasteiger partial charge in [-0.2, -0.15) is 0 Å². The summed E-state index contributed by atoms with van der Waals surface area (Å²) in [4.78, 5) is 29.5. The van der Waals surface area contributed by atoms with E-state index in [-0.39, 0.29) is 24.2 Å². The van der Waals surface area contributed by atoms with Crippen LogP contribution in [0, 0.1) is 5.92 Å². The molecule has 1 aromatic carbocycles. The smallest absolute Gasteiger partial charge is 0.310 e. The third-order valence-corrected chi connectivity index (χ3v) is 4.09. The molecule has 0 radical (unpaired) electrons. The third-order valence-electron chi connectivity index (χ3n) is 4.09. The second kappa shape index (κ2) is 6.13. The topological polar surface area (TPSA) is 59.5 Å². The number of benzene rings is 1. The zero-order valence-corrected chi connectivity index (χ0v) is 12.5. The zero-order valence-electron chi connectivity index (χ0n) is 12.5. The molecule has 1 aliphatic heterocycles. The number of aromatic nitrogens is 1. The van der Waals surface area contributed by atoms with E-state index in [1.807, 2.05) is 24.3 Å². The lowest BCUT2D eigenvalue weighted by Crippen LogP contribution is -2.28. The predicted molar refractivity (Wildman–Crippen MR) is 82.2 cm³/mol. The maximum atomic E-state index is 11.9. The lowest BCUT2D eigenvalue weighted by atomic mass is 10.1. The molecule has 1 aliphatic rings. The Labute approximate surface area is 128 Å². The van der Waals surface area contributed by atoms with Gasteiger partial charge in [0.1, 0.15) is 0 Å². The Morgan fingerprint density at radius 3 is 3.09 bits per heavy atom. The minimum Gasteiger partial charge on any atom is -0.469 e. The normalized spacial score (nSPS) is 18.0. The van der Waals surface area contributed by atoms with Crippen molar-refractivity contribution in [2.45, 2.75) is 12.8 Å². The van der Waals surface area contributed by atoms with Gasteiger partial charge in [-0.1, -0.05) is 12.1 Å². The maximum Gasteiger partial charge on any atom is 0.310 e. The molecule has 0 N–H and O–H groups in total. The van der Waals surface area contributed by atoms with E-state index in [0.29, 0.717) is 13.1 Å². The van der Waals surface area contributed by atoms with E-state index in [1.54, 1.807) is 11.1 Å². The highest BCUT2D eigenvalue weighted by Gasteiger charge is 2.34. The van der Waals surface area contributed by atoms with E-state index in [9.17, 15) is 9.59 Å². The van der Waals surface area contributed by atoms with E-state index < -0.39 is 0 Å². The average Bonchev–Trinajstić information content (AvgIpc) is 2.93. The van der Waals surface area contributed by atoms with Gasteiger partial charge in [-0.3, -0.25) is 14.6 Å². The monoisotopic (exact) mass is 298 g/mol. The Morgan fingerprint density at radius 2 is 2.27 bits per heavy atom. The van der Waals surface area contributed by atoms with E-state index in [2.05, 4.69) is 11.1 Å². The zero-order chi connectivity index (χ0) is 15.5. The summed E-state index contributed by atoms with van der Waals surface area (Å²) < 4.78 is 4.72. The van der Waals surface area contributed by atoms with Crippen molar-refractivity contribution in [3.8, 4) is 0 Å². The first kappa shape index (κ1) is 14.5. The first-order valence-electron chi connectivity index (χ1n) is 7.36.